The molecule has 0 spiro atoms. The number of aromatic nitrogens is 3. The average molecular weight is 305 g/mol. The van der Waals surface area contributed by atoms with Crippen LogP contribution in [0, 0.1) is 0 Å². The van der Waals surface area contributed by atoms with Crippen LogP contribution in [0.15, 0.2) is 66.0 Å². The summed E-state index contributed by atoms with van der Waals surface area (Å²) >= 11 is 0. The summed E-state index contributed by atoms with van der Waals surface area (Å²) in [5.41, 5.74) is 4.69. The molecule has 1 aromatic carbocycles. The van der Waals surface area contributed by atoms with Crippen molar-refractivity contribution in [1.82, 2.24) is 15.0 Å². The molecule has 3 aromatic rings. The topological polar surface area (TPSA) is 72.3 Å². The Bertz CT molecular complexity index is 791. The molecule has 1 N–H and O–H groups in total. The Hall–Kier alpha value is -3.28. The number of nitrogens with one attached hydrogen (secondary N) is 1. The first kappa shape index (κ1) is 14.6. The zero-order chi connectivity index (χ0) is 15.9. The van der Waals surface area contributed by atoms with Crippen molar-refractivity contribution in [3.8, 4) is 17.3 Å². The molecule has 0 saturated heterocycles. The van der Waals surface area contributed by atoms with Gasteiger partial charge in [0.25, 0.3) is 0 Å². The number of methoxy groups -OCH3 is 1. The number of rotatable bonds is 5. The summed E-state index contributed by atoms with van der Waals surface area (Å²) in [4.78, 5) is 12.8. The average Bonchev–Trinajstić information content (AvgIpc) is 2.63. The van der Waals surface area contributed by atoms with Crippen molar-refractivity contribution in [2.24, 2.45) is 5.10 Å². The van der Waals surface area contributed by atoms with Crippen molar-refractivity contribution < 1.29 is 4.74 Å². The summed E-state index contributed by atoms with van der Waals surface area (Å²) in [5.74, 6) is 1.60. The molecule has 0 aliphatic rings. The van der Waals surface area contributed by atoms with Gasteiger partial charge < -0.3 is 4.74 Å². The van der Waals surface area contributed by atoms with Gasteiger partial charge in [0.2, 0.25) is 5.88 Å². The van der Waals surface area contributed by atoms with E-state index in [0.717, 1.165) is 11.1 Å². The van der Waals surface area contributed by atoms with Crippen LogP contribution in [-0.2, 0) is 0 Å². The van der Waals surface area contributed by atoms with Crippen LogP contribution in [0.2, 0.25) is 0 Å². The van der Waals surface area contributed by atoms with Crippen LogP contribution in [0.4, 0.5) is 5.82 Å². The first-order valence-corrected chi connectivity index (χ1v) is 7.03. The zero-order valence-electron chi connectivity index (χ0n) is 12.5. The van der Waals surface area contributed by atoms with Crippen LogP contribution < -0.4 is 10.2 Å². The molecule has 2 heterocycles. The van der Waals surface area contributed by atoms with E-state index >= 15 is 0 Å². The van der Waals surface area contributed by atoms with Gasteiger partial charge in [-0.1, -0.05) is 36.4 Å². The van der Waals surface area contributed by atoms with E-state index < -0.39 is 0 Å². The summed E-state index contributed by atoms with van der Waals surface area (Å²) in [6.45, 7) is 0. The standard InChI is InChI=1S/C17H15N5O/c1-23-16-10-15(22-19-12-13-6-5-9-18-11-13)20-17(21-16)14-7-3-2-4-8-14/h2-12H,1H3,(H,20,21,22)/b19-12+. The van der Waals surface area contributed by atoms with Crippen molar-refractivity contribution >= 4 is 12.0 Å². The molecule has 2 aromatic heterocycles. The van der Waals surface area contributed by atoms with E-state index in [-0.39, 0.29) is 0 Å². The molecule has 6 nitrogen and oxygen atoms in total. The third-order valence-corrected chi connectivity index (χ3v) is 3.02. The first-order chi connectivity index (χ1) is 11.3. The molecule has 3 rings (SSSR count). The number of benzene rings is 1. The molecule has 0 saturated carbocycles. The quantitative estimate of drug-likeness (QED) is 0.579. The first-order valence-electron chi connectivity index (χ1n) is 7.03. The fraction of sp³-hybridized carbons (Fsp3) is 0.0588. The van der Waals surface area contributed by atoms with Crippen LogP contribution >= 0.6 is 0 Å². The second-order valence-corrected chi connectivity index (χ2v) is 4.64. The maximum Gasteiger partial charge on any atom is 0.218 e. The third kappa shape index (κ3) is 3.88. The van der Waals surface area contributed by atoms with Gasteiger partial charge in [0.1, 0.15) is 0 Å². The van der Waals surface area contributed by atoms with E-state index in [1.54, 1.807) is 31.8 Å². The highest BCUT2D eigenvalue weighted by Crippen LogP contribution is 2.21. The molecule has 0 bridgehead atoms. The Labute approximate surface area is 133 Å². The van der Waals surface area contributed by atoms with Gasteiger partial charge in [0, 0.05) is 29.6 Å². The number of hydrazone groups is 1. The second kappa shape index (κ2) is 7.13. The molecule has 0 fully saturated rings. The molecule has 114 valence electrons. The van der Waals surface area contributed by atoms with Gasteiger partial charge in [-0.2, -0.15) is 10.1 Å². The number of anilines is 1. The second-order valence-electron chi connectivity index (χ2n) is 4.64. The normalized spacial score (nSPS) is 10.7. The van der Waals surface area contributed by atoms with Gasteiger partial charge in [-0.25, -0.2) is 4.98 Å². The predicted octanol–water partition coefficient (Wildman–Crippen LogP) is 2.99. The Morgan fingerprint density at radius 1 is 1.09 bits per heavy atom. The molecule has 0 aliphatic carbocycles. The molecule has 0 aliphatic heterocycles. The molecule has 0 atom stereocenters. The summed E-state index contributed by atoms with van der Waals surface area (Å²) < 4.78 is 5.23. The Morgan fingerprint density at radius 3 is 2.70 bits per heavy atom. The lowest BCUT2D eigenvalue weighted by Gasteiger charge is -2.06. The lowest BCUT2D eigenvalue weighted by molar-refractivity contribution is 0.398. The maximum absolute atomic E-state index is 5.23. The van der Waals surface area contributed by atoms with Crippen LogP contribution in [0.25, 0.3) is 11.4 Å². The monoisotopic (exact) mass is 305 g/mol. The Morgan fingerprint density at radius 2 is 1.96 bits per heavy atom. The summed E-state index contributed by atoms with van der Waals surface area (Å²) in [7, 11) is 1.57. The minimum atomic E-state index is 0.470. The zero-order valence-corrected chi connectivity index (χ0v) is 12.5. The number of hydrogen-bond donors (Lipinski definition) is 1. The summed E-state index contributed by atoms with van der Waals surface area (Å²) in [6, 6.07) is 15.2. The highest BCUT2D eigenvalue weighted by molar-refractivity contribution is 5.79. The van der Waals surface area contributed by atoms with Crippen LogP contribution in [0.5, 0.6) is 5.88 Å². The lowest BCUT2D eigenvalue weighted by Crippen LogP contribution is -1.99. The summed E-state index contributed by atoms with van der Waals surface area (Å²) in [5, 5.41) is 4.16. The highest BCUT2D eigenvalue weighted by Gasteiger charge is 2.06. The fourth-order valence-corrected chi connectivity index (χ4v) is 1.93. The SMILES string of the molecule is COc1cc(N/N=C/c2cccnc2)nc(-c2ccccc2)n1. The van der Waals surface area contributed by atoms with Crippen molar-refractivity contribution in [2.75, 3.05) is 12.5 Å². The van der Waals surface area contributed by atoms with Gasteiger partial charge in [-0.05, 0) is 6.07 Å². The molecule has 23 heavy (non-hydrogen) atoms. The fourth-order valence-electron chi connectivity index (χ4n) is 1.93. The van der Waals surface area contributed by atoms with E-state index in [2.05, 4.69) is 25.5 Å². The minimum Gasteiger partial charge on any atom is -0.481 e. The molecule has 0 unspecified atom stereocenters. The molecule has 0 radical (unpaired) electrons. The van der Waals surface area contributed by atoms with Crippen LogP contribution in [0.3, 0.4) is 0 Å². The van der Waals surface area contributed by atoms with Crippen LogP contribution in [-0.4, -0.2) is 28.3 Å². The smallest absolute Gasteiger partial charge is 0.218 e. The van der Waals surface area contributed by atoms with Crippen molar-refractivity contribution in [1.29, 1.82) is 0 Å². The Kier molecular flexibility index (Phi) is 4.54. The van der Waals surface area contributed by atoms with Gasteiger partial charge in [0.15, 0.2) is 11.6 Å². The molecular weight excluding hydrogens is 290 g/mol. The third-order valence-electron chi connectivity index (χ3n) is 3.02. The number of ether oxygens (including phenoxy) is 1. The van der Waals surface area contributed by atoms with Gasteiger partial charge >= 0.3 is 0 Å². The van der Waals surface area contributed by atoms with E-state index in [1.165, 1.54) is 0 Å². The van der Waals surface area contributed by atoms with Crippen molar-refractivity contribution in [3.63, 3.8) is 0 Å². The summed E-state index contributed by atoms with van der Waals surface area (Å²) in [6.07, 6.45) is 5.11. The van der Waals surface area contributed by atoms with Crippen molar-refractivity contribution in [3.05, 3.63) is 66.5 Å². The predicted molar refractivity (Wildman–Crippen MR) is 89.5 cm³/mol. The maximum atomic E-state index is 5.23. The van der Waals surface area contributed by atoms with E-state index in [1.807, 2.05) is 42.5 Å². The highest BCUT2D eigenvalue weighted by atomic mass is 16.5. The van der Waals surface area contributed by atoms with Crippen LogP contribution in [0.1, 0.15) is 5.56 Å². The number of pyridine rings is 1. The van der Waals surface area contributed by atoms with Gasteiger partial charge in [-0.3, -0.25) is 10.4 Å². The number of nitrogens with zero attached hydrogens (tertiary/aromatic N) is 4. The minimum absolute atomic E-state index is 0.470. The van der Waals surface area contributed by atoms with E-state index in [4.69, 9.17) is 4.74 Å². The molecule has 6 heteroatoms. The van der Waals surface area contributed by atoms with Gasteiger partial charge in [0.05, 0.1) is 13.3 Å². The number of hydrogen-bond acceptors (Lipinski definition) is 6. The Balaban J connectivity index is 1.83. The molecular formula is C17H15N5O. The lowest BCUT2D eigenvalue weighted by atomic mass is 10.2. The van der Waals surface area contributed by atoms with E-state index in [9.17, 15) is 0 Å². The van der Waals surface area contributed by atoms with Crippen molar-refractivity contribution in [2.45, 2.75) is 0 Å². The molecule has 0 amide bonds. The van der Waals surface area contributed by atoms with Gasteiger partial charge in [-0.15, -0.1) is 0 Å². The van der Waals surface area contributed by atoms with E-state index in [0.29, 0.717) is 17.5 Å². The largest absolute Gasteiger partial charge is 0.481 e.